The Hall–Kier alpha value is -2.54. The van der Waals surface area contributed by atoms with Crippen molar-refractivity contribution < 1.29 is 18.8 Å². The Kier molecular flexibility index (Phi) is 5.70. The van der Waals surface area contributed by atoms with Gasteiger partial charge >= 0.3 is 5.97 Å². The van der Waals surface area contributed by atoms with Gasteiger partial charge in [0.1, 0.15) is 5.69 Å². The number of hydrogen-bond acceptors (Lipinski definition) is 5. The van der Waals surface area contributed by atoms with Crippen molar-refractivity contribution in [1.82, 2.24) is 5.16 Å². The first-order valence-corrected chi connectivity index (χ1v) is 8.65. The summed E-state index contributed by atoms with van der Waals surface area (Å²) in [5.41, 5.74) is 0.555. The lowest BCUT2D eigenvalue weighted by atomic mass is 10.1. The molecule has 0 fully saturated rings. The van der Waals surface area contributed by atoms with Crippen LogP contribution in [-0.4, -0.2) is 24.1 Å². The fourth-order valence-corrected chi connectivity index (χ4v) is 3.04. The van der Waals surface area contributed by atoms with E-state index in [0.29, 0.717) is 10.6 Å². The maximum Gasteiger partial charge on any atom is 0.345 e. The number of benzene rings is 2. The Bertz CT molecular complexity index is 996. The van der Waals surface area contributed by atoms with E-state index in [4.69, 9.17) is 44.1 Å². The van der Waals surface area contributed by atoms with E-state index in [2.05, 4.69) is 10.5 Å². The summed E-state index contributed by atoms with van der Waals surface area (Å²) >= 11 is 18.2. The number of halogens is 3. The van der Waals surface area contributed by atoms with Gasteiger partial charge in [-0.2, -0.15) is 0 Å². The summed E-state index contributed by atoms with van der Waals surface area (Å²) in [5.74, 6) is -1.48. The summed E-state index contributed by atoms with van der Waals surface area (Å²) in [6.45, 7) is 0. The van der Waals surface area contributed by atoms with Crippen LogP contribution in [0.15, 0.2) is 47.0 Å². The van der Waals surface area contributed by atoms with Crippen LogP contribution in [-0.2, 0) is 4.74 Å². The molecule has 6 nitrogen and oxygen atoms in total. The minimum Gasteiger partial charge on any atom is -0.465 e. The molecular formula is C18H11Cl3N2O4. The summed E-state index contributed by atoms with van der Waals surface area (Å²) < 4.78 is 9.96. The largest absolute Gasteiger partial charge is 0.465 e. The summed E-state index contributed by atoms with van der Waals surface area (Å²) in [6, 6.07) is 11.0. The van der Waals surface area contributed by atoms with E-state index in [-0.39, 0.29) is 32.8 Å². The predicted molar refractivity (Wildman–Crippen MR) is 103 cm³/mol. The van der Waals surface area contributed by atoms with Gasteiger partial charge in [0, 0.05) is 16.1 Å². The van der Waals surface area contributed by atoms with Crippen molar-refractivity contribution in [3.8, 4) is 11.3 Å². The summed E-state index contributed by atoms with van der Waals surface area (Å²) in [4.78, 5) is 24.7. The van der Waals surface area contributed by atoms with Crippen LogP contribution in [0.5, 0.6) is 0 Å². The zero-order chi connectivity index (χ0) is 19.6. The van der Waals surface area contributed by atoms with Crippen molar-refractivity contribution in [3.63, 3.8) is 0 Å². The van der Waals surface area contributed by atoms with Gasteiger partial charge in [-0.25, -0.2) is 4.79 Å². The molecule has 0 aliphatic carbocycles. The number of nitrogens with zero attached hydrogens (tertiary/aromatic N) is 1. The molecule has 2 aromatic carbocycles. The van der Waals surface area contributed by atoms with Crippen LogP contribution in [0.25, 0.3) is 11.3 Å². The second kappa shape index (κ2) is 8.00. The number of carbonyl (C=O) groups is 2. The van der Waals surface area contributed by atoms with Gasteiger partial charge in [-0.15, -0.1) is 0 Å². The van der Waals surface area contributed by atoms with Crippen molar-refractivity contribution in [3.05, 3.63) is 68.7 Å². The third-order valence-corrected chi connectivity index (χ3v) is 4.50. The lowest BCUT2D eigenvalue weighted by Gasteiger charge is -2.07. The number of methoxy groups -OCH3 is 1. The van der Waals surface area contributed by atoms with Gasteiger partial charge in [-0.05, 0) is 36.4 Å². The molecule has 3 aromatic rings. The van der Waals surface area contributed by atoms with Gasteiger partial charge < -0.3 is 9.26 Å². The zero-order valence-corrected chi connectivity index (χ0v) is 16.0. The fourth-order valence-electron chi connectivity index (χ4n) is 2.34. The number of rotatable bonds is 4. The first kappa shape index (κ1) is 19.2. The number of esters is 1. The summed E-state index contributed by atoms with van der Waals surface area (Å²) in [6.07, 6.45) is 0. The number of nitrogens with one attached hydrogen (secondary N) is 1. The number of aromatic nitrogens is 1. The molecule has 1 aromatic heterocycles. The molecule has 1 heterocycles. The standard InChI is InChI=1S/C18H11Cl3N2O4/c1-26-18(25)14-15(13-11(20)3-2-4-12(13)21)23-27-17(14)22-16(24)9-5-7-10(19)8-6-9/h2-8H,1H3,(H,22,24). The van der Waals surface area contributed by atoms with E-state index in [9.17, 15) is 9.59 Å². The van der Waals surface area contributed by atoms with Crippen LogP contribution < -0.4 is 5.32 Å². The van der Waals surface area contributed by atoms with Crippen molar-refractivity contribution in [1.29, 1.82) is 0 Å². The third kappa shape index (κ3) is 3.93. The van der Waals surface area contributed by atoms with Crippen LogP contribution in [0, 0.1) is 0 Å². The second-order valence-electron chi connectivity index (χ2n) is 5.28. The summed E-state index contributed by atoms with van der Waals surface area (Å²) in [7, 11) is 1.19. The molecule has 27 heavy (non-hydrogen) atoms. The SMILES string of the molecule is COC(=O)c1c(-c2c(Cl)cccc2Cl)noc1NC(=O)c1ccc(Cl)cc1. The van der Waals surface area contributed by atoms with E-state index >= 15 is 0 Å². The van der Waals surface area contributed by atoms with E-state index in [1.54, 1.807) is 30.3 Å². The molecular weight excluding hydrogens is 415 g/mol. The van der Waals surface area contributed by atoms with E-state index < -0.39 is 11.9 Å². The monoisotopic (exact) mass is 424 g/mol. The Morgan fingerprint density at radius 3 is 2.26 bits per heavy atom. The van der Waals surface area contributed by atoms with Gasteiger partial charge in [0.15, 0.2) is 5.56 Å². The van der Waals surface area contributed by atoms with E-state index in [1.165, 1.54) is 19.2 Å². The predicted octanol–water partition coefficient (Wildman–Crippen LogP) is 5.34. The molecule has 0 aliphatic heterocycles. The lowest BCUT2D eigenvalue weighted by molar-refractivity contribution is 0.0602. The molecule has 1 N–H and O–H groups in total. The molecule has 0 saturated heterocycles. The van der Waals surface area contributed by atoms with Crippen LogP contribution in [0.4, 0.5) is 5.88 Å². The van der Waals surface area contributed by atoms with Crippen molar-refractivity contribution in [2.24, 2.45) is 0 Å². The fraction of sp³-hybridized carbons (Fsp3) is 0.0556. The van der Waals surface area contributed by atoms with E-state index in [1.807, 2.05) is 0 Å². The van der Waals surface area contributed by atoms with Crippen molar-refractivity contribution in [2.45, 2.75) is 0 Å². The van der Waals surface area contributed by atoms with Crippen LogP contribution >= 0.6 is 34.8 Å². The average Bonchev–Trinajstić information content (AvgIpc) is 3.04. The lowest BCUT2D eigenvalue weighted by Crippen LogP contribution is -2.14. The molecule has 138 valence electrons. The van der Waals surface area contributed by atoms with Crippen LogP contribution in [0.2, 0.25) is 15.1 Å². The first-order chi connectivity index (χ1) is 12.9. The number of anilines is 1. The Labute approximate surface area is 169 Å². The molecule has 0 radical (unpaired) electrons. The maximum absolute atomic E-state index is 12.4. The highest BCUT2D eigenvalue weighted by molar-refractivity contribution is 6.39. The molecule has 0 atom stereocenters. The van der Waals surface area contributed by atoms with Gasteiger partial charge in [-0.1, -0.05) is 46.0 Å². The zero-order valence-electron chi connectivity index (χ0n) is 13.8. The van der Waals surface area contributed by atoms with Gasteiger partial charge in [0.25, 0.3) is 5.91 Å². The minimum atomic E-state index is -0.770. The number of amides is 1. The van der Waals surface area contributed by atoms with Crippen molar-refractivity contribution in [2.75, 3.05) is 12.4 Å². The summed E-state index contributed by atoms with van der Waals surface area (Å²) in [5, 5.41) is 7.35. The number of carbonyl (C=O) groups excluding carboxylic acids is 2. The quantitative estimate of drug-likeness (QED) is 0.571. The second-order valence-corrected chi connectivity index (χ2v) is 6.54. The average molecular weight is 426 g/mol. The first-order valence-electron chi connectivity index (χ1n) is 7.51. The van der Waals surface area contributed by atoms with Crippen LogP contribution in [0.3, 0.4) is 0 Å². The third-order valence-electron chi connectivity index (χ3n) is 3.61. The highest BCUT2D eigenvalue weighted by Gasteiger charge is 2.28. The van der Waals surface area contributed by atoms with Crippen molar-refractivity contribution >= 4 is 52.6 Å². The molecule has 9 heteroatoms. The minimum absolute atomic E-state index is 0.0591. The normalized spacial score (nSPS) is 10.5. The molecule has 1 amide bonds. The molecule has 0 bridgehead atoms. The Balaban J connectivity index is 2.04. The van der Waals surface area contributed by atoms with Gasteiger partial charge in [-0.3, -0.25) is 10.1 Å². The Morgan fingerprint density at radius 1 is 1.04 bits per heavy atom. The molecule has 0 spiro atoms. The Morgan fingerprint density at radius 2 is 1.67 bits per heavy atom. The molecule has 0 saturated carbocycles. The highest BCUT2D eigenvalue weighted by Crippen LogP contribution is 2.38. The molecule has 0 aliphatic rings. The highest BCUT2D eigenvalue weighted by atomic mass is 35.5. The number of hydrogen-bond donors (Lipinski definition) is 1. The van der Waals surface area contributed by atoms with Crippen LogP contribution in [0.1, 0.15) is 20.7 Å². The molecule has 3 rings (SSSR count). The van der Waals surface area contributed by atoms with Gasteiger partial charge in [0.05, 0.1) is 17.2 Å². The van der Waals surface area contributed by atoms with Gasteiger partial charge in [0.2, 0.25) is 5.88 Å². The topological polar surface area (TPSA) is 81.4 Å². The smallest absolute Gasteiger partial charge is 0.345 e. The maximum atomic E-state index is 12.4. The van der Waals surface area contributed by atoms with E-state index in [0.717, 1.165) is 0 Å². The number of ether oxygens (including phenoxy) is 1. The molecule has 0 unspecified atom stereocenters.